The molecule has 0 aromatic heterocycles. The summed E-state index contributed by atoms with van der Waals surface area (Å²) in [7, 11) is 0. The molecule has 0 unspecified atom stereocenters. The summed E-state index contributed by atoms with van der Waals surface area (Å²) >= 11 is 0. The molecule has 6 aliphatic carbocycles. The van der Waals surface area contributed by atoms with Crippen LogP contribution in [0.1, 0.15) is 92.9 Å². The lowest BCUT2D eigenvalue weighted by molar-refractivity contribution is -0.176. The van der Waals surface area contributed by atoms with Crippen LogP contribution in [0.5, 0.6) is 0 Å². The van der Waals surface area contributed by atoms with Crippen molar-refractivity contribution in [3.63, 3.8) is 0 Å². The smallest absolute Gasteiger partial charge is 0.0310 e. The quantitative estimate of drug-likeness (QED) is 0.480. The van der Waals surface area contributed by atoms with E-state index in [0.29, 0.717) is 0 Å². The van der Waals surface area contributed by atoms with Crippen molar-refractivity contribution in [2.45, 2.75) is 92.9 Å². The van der Waals surface area contributed by atoms with Gasteiger partial charge in [-0.3, -0.25) is 0 Å². The maximum absolute atomic E-state index is 2.48. The molecular formula is C18H34. The molecule has 6 rings (SSSR count). The molecule has 0 N–H and O–H groups in total. The number of rotatable bonds is 0. The largest absolute Gasteiger partial charge is 0.0776 e. The molecule has 0 heteroatoms. The Morgan fingerprint density at radius 3 is 0.778 bits per heavy atom. The van der Waals surface area contributed by atoms with E-state index in [2.05, 4.69) is 27.7 Å². The van der Waals surface area contributed by atoms with Crippen LogP contribution in [0, 0.1) is 21.7 Å². The lowest BCUT2D eigenvalue weighted by Crippen LogP contribution is -2.57. The number of fused-ring (bicyclic) bond motifs is 3. The Labute approximate surface area is 115 Å². The van der Waals surface area contributed by atoms with Crippen LogP contribution < -0.4 is 0 Å². The van der Waals surface area contributed by atoms with Crippen molar-refractivity contribution in [2.24, 2.45) is 21.7 Å². The molecule has 0 aliphatic heterocycles. The highest BCUT2D eigenvalue weighted by Gasteiger charge is 2.61. The van der Waals surface area contributed by atoms with Crippen LogP contribution in [0.15, 0.2) is 0 Å². The molecule has 0 aromatic rings. The zero-order chi connectivity index (χ0) is 12.4. The summed E-state index contributed by atoms with van der Waals surface area (Å²) in [6.45, 7) is 9.76. The second-order valence-electron chi connectivity index (χ2n) is 9.27. The van der Waals surface area contributed by atoms with Crippen molar-refractivity contribution >= 4 is 0 Å². The molecule has 6 saturated carbocycles. The average molecular weight is 250 g/mol. The van der Waals surface area contributed by atoms with E-state index >= 15 is 0 Å². The summed E-state index contributed by atoms with van der Waals surface area (Å²) in [5.41, 5.74) is 3.18. The normalized spacial score (nSPS) is 55.3. The minimum atomic E-state index is 0. The van der Waals surface area contributed by atoms with Gasteiger partial charge in [-0.2, -0.15) is 0 Å². The van der Waals surface area contributed by atoms with E-state index in [1.54, 1.807) is 0 Å². The molecule has 0 radical (unpaired) electrons. The van der Waals surface area contributed by atoms with Crippen LogP contribution in [-0.2, 0) is 0 Å². The first-order valence-corrected chi connectivity index (χ1v) is 7.74. The van der Waals surface area contributed by atoms with Gasteiger partial charge in [0.15, 0.2) is 0 Å². The van der Waals surface area contributed by atoms with Gasteiger partial charge in [0.1, 0.15) is 0 Å². The molecule has 0 heterocycles. The van der Waals surface area contributed by atoms with Crippen molar-refractivity contribution in [3.8, 4) is 0 Å². The van der Waals surface area contributed by atoms with Gasteiger partial charge in [0.2, 0.25) is 0 Å². The van der Waals surface area contributed by atoms with E-state index in [4.69, 9.17) is 0 Å². The van der Waals surface area contributed by atoms with Crippen LogP contribution in [0.2, 0.25) is 0 Å². The van der Waals surface area contributed by atoms with Crippen LogP contribution in [0.3, 0.4) is 0 Å². The fourth-order valence-corrected chi connectivity index (χ4v) is 5.50. The predicted molar refractivity (Wildman–Crippen MR) is 80.7 cm³/mol. The van der Waals surface area contributed by atoms with Crippen LogP contribution in [0.4, 0.5) is 0 Å². The van der Waals surface area contributed by atoms with E-state index in [-0.39, 0.29) is 7.43 Å². The maximum Gasteiger partial charge on any atom is -0.0310 e. The van der Waals surface area contributed by atoms with Crippen molar-refractivity contribution in [1.82, 2.24) is 0 Å². The molecule has 0 spiro atoms. The van der Waals surface area contributed by atoms with Gasteiger partial charge in [-0.25, -0.2) is 0 Å². The van der Waals surface area contributed by atoms with Gasteiger partial charge >= 0.3 is 0 Å². The summed E-state index contributed by atoms with van der Waals surface area (Å²) < 4.78 is 0. The lowest BCUT2D eigenvalue weighted by atomic mass is 9.37. The standard InChI is InChI=1S/C10H18.C7H12.CH4/c1-9-3-6-10(2,7-4-9)8-5-9;1-6-3-7(2,4-6)5-6;/h3-8H2,1-2H3;3-5H2,1-2H3;1H4. The lowest BCUT2D eigenvalue weighted by Gasteiger charge is -2.68. The molecule has 0 atom stereocenters. The first kappa shape index (κ1) is 14.4. The van der Waals surface area contributed by atoms with Crippen molar-refractivity contribution < 1.29 is 0 Å². The monoisotopic (exact) mass is 250 g/mol. The Morgan fingerprint density at radius 1 is 0.444 bits per heavy atom. The van der Waals surface area contributed by atoms with Crippen LogP contribution in [0.25, 0.3) is 0 Å². The van der Waals surface area contributed by atoms with Crippen molar-refractivity contribution in [3.05, 3.63) is 0 Å². The number of hydrogen-bond acceptors (Lipinski definition) is 0. The molecule has 6 fully saturated rings. The molecule has 4 bridgehead atoms. The van der Waals surface area contributed by atoms with Crippen LogP contribution >= 0.6 is 0 Å². The first-order valence-electron chi connectivity index (χ1n) is 7.74. The maximum atomic E-state index is 2.48. The summed E-state index contributed by atoms with van der Waals surface area (Å²) in [5.74, 6) is 0. The fourth-order valence-electron chi connectivity index (χ4n) is 5.50. The molecule has 0 amide bonds. The Morgan fingerprint density at radius 2 is 0.667 bits per heavy atom. The molecule has 0 aromatic carbocycles. The van der Waals surface area contributed by atoms with E-state index in [9.17, 15) is 0 Å². The Hall–Kier alpha value is 0. The third kappa shape index (κ3) is 2.37. The van der Waals surface area contributed by atoms with E-state index in [1.807, 2.05) is 0 Å². The molecule has 0 nitrogen and oxygen atoms in total. The van der Waals surface area contributed by atoms with Crippen molar-refractivity contribution in [1.29, 1.82) is 0 Å². The zero-order valence-electron chi connectivity index (χ0n) is 12.4. The van der Waals surface area contributed by atoms with E-state index in [1.165, 1.54) is 57.8 Å². The average Bonchev–Trinajstić information content (AvgIpc) is 2.19. The summed E-state index contributed by atoms with van der Waals surface area (Å²) in [4.78, 5) is 0. The Balaban J connectivity index is 0.000000133. The molecule has 0 saturated heterocycles. The highest BCUT2D eigenvalue weighted by atomic mass is 14.7. The van der Waals surface area contributed by atoms with E-state index < -0.39 is 0 Å². The Bertz CT molecular complexity index is 251. The summed E-state index contributed by atoms with van der Waals surface area (Å²) in [6, 6.07) is 0. The first-order chi connectivity index (χ1) is 7.74. The fraction of sp³-hybridized carbons (Fsp3) is 1.00. The second-order valence-corrected chi connectivity index (χ2v) is 9.27. The molecule has 6 aliphatic rings. The number of hydrogen-bond donors (Lipinski definition) is 0. The topological polar surface area (TPSA) is 0 Å². The van der Waals surface area contributed by atoms with Gasteiger partial charge in [-0.1, -0.05) is 35.1 Å². The highest BCUT2D eigenvalue weighted by molar-refractivity contribution is 5.12. The third-order valence-electron chi connectivity index (χ3n) is 6.56. The third-order valence-corrected chi connectivity index (χ3v) is 6.56. The molecule has 18 heavy (non-hydrogen) atoms. The van der Waals surface area contributed by atoms with Gasteiger partial charge in [-0.05, 0) is 79.4 Å². The second kappa shape index (κ2) is 4.00. The van der Waals surface area contributed by atoms with Crippen molar-refractivity contribution in [2.75, 3.05) is 0 Å². The highest BCUT2D eigenvalue weighted by Crippen LogP contribution is 2.72. The minimum Gasteiger partial charge on any atom is -0.0776 e. The molecule has 106 valence electrons. The van der Waals surface area contributed by atoms with Crippen LogP contribution in [-0.4, -0.2) is 0 Å². The SMILES string of the molecule is C.CC12CC(C)(C1)C2.CC12CCC(C)(CC1)CC2. The van der Waals surface area contributed by atoms with Gasteiger partial charge in [0.25, 0.3) is 0 Å². The summed E-state index contributed by atoms with van der Waals surface area (Å²) in [5, 5.41) is 0. The zero-order valence-corrected chi connectivity index (χ0v) is 12.4. The van der Waals surface area contributed by atoms with Gasteiger partial charge < -0.3 is 0 Å². The van der Waals surface area contributed by atoms with Gasteiger partial charge in [0.05, 0.1) is 0 Å². The Kier molecular flexibility index (Phi) is 3.20. The van der Waals surface area contributed by atoms with E-state index in [0.717, 1.165) is 21.7 Å². The minimum absolute atomic E-state index is 0. The molecular weight excluding hydrogens is 216 g/mol. The van der Waals surface area contributed by atoms with Gasteiger partial charge in [-0.15, -0.1) is 0 Å². The summed E-state index contributed by atoms with van der Waals surface area (Å²) in [6.07, 6.45) is 13.6. The van der Waals surface area contributed by atoms with Gasteiger partial charge in [0, 0.05) is 0 Å². The predicted octanol–water partition coefficient (Wildman–Crippen LogP) is 6.20.